The van der Waals surface area contributed by atoms with E-state index in [1.165, 1.54) is 24.8 Å². The highest BCUT2D eigenvalue weighted by Crippen LogP contribution is 2.68. The monoisotopic (exact) mass is 420 g/mol. The Morgan fingerprint density at radius 2 is 1.73 bits per heavy atom. The summed E-state index contributed by atoms with van der Waals surface area (Å²) in [4.78, 5) is 0. The normalized spacial score (nSPS) is 45.0. The summed E-state index contributed by atoms with van der Waals surface area (Å²) in [7, 11) is 0. The van der Waals surface area contributed by atoms with Crippen LogP contribution in [0.3, 0.4) is 0 Å². The molecule has 3 heteroatoms. The molecule has 0 aromatic carbocycles. The van der Waals surface area contributed by atoms with Crippen molar-refractivity contribution >= 4 is 0 Å². The second-order valence-electron chi connectivity index (χ2n) is 12.7. The molecule has 8 atom stereocenters. The first-order valence-electron chi connectivity index (χ1n) is 12.7. The molecule has 0 saturated heterocycles. The zero-order valence-electron chi connectivity index (χ0n) is 20.0. The third kappa shape index (κ3) is 3.81. The molecule has 4 rings (SSSR count). The van der Waals surface area contributed by atoms with E-state index in [-0.39, 0.29) is 22.8 Å². The van der Waals surface area contributed by atoms with E-state index in [1.807, 2.05) is 13.8 Å². The molecular formula is C27H45FO2. The summed E-state index contributed by atoms with van der Waals surface area (Å²) in [5.41, 5.74) is 1.05. The van der Waals surface area contributed by atoms with E-state index in [9.17, 15) is 10.2 Å². The average molecular weight is 421 g/mol. The molecule has 30 heavy (non-hydrogen) atoms. The van der Waals surface area contributed by atoms with Gasteiger partial charge < -0.3 is 10.2 Å². The first-order valence-corrected chi connectivity index (χ1v) is 12.7. The van der Waals surface area contributed by atoms with E-state index in [1.54, 1.807) is 0 Å². The number of aliphatic hydroxyl groups excluding tert-OH is 1. The number of rotatable bonds is 5. The van der Waals surface area contributed by atoms with Crippen LogP contribution in [0.5, 0.6) is 0 Å². The highest BCUT2D eigenvalue weighted by molar-refractivity contribution is 5.30. The second kappa shape index (κ2) is 7.87. The predicted octanol–water partition coefficient (Wildman–Crippen LogP) is 6.80. The number of halogens is 1. The van der Waals surface area contributed by atoms with Crippen LogP contribution < -0.4 is 0 Å². The van der Waals surface area contributed by atoms with Gasteiger partial charge in [-0.1, -0.05) is 33.6 Å². The van der Waals surface area contributed by atoms with Crippen LogP contribution in [-0.4, -0.2) is 21.9 Å². The number of allylic oxidation sites excluding steroid dienone is 2. The molecule has 1 unspecified atom stereocenters. The molecular weight excluding hydrogens is 375 g/mol. The molecule has 4 aliphatic rings. The lowest BCUT2D eigenvalue weighted by atomic mass is 9.47. The van der Waals surface area contributed by atoms with Gasteiger partial charge in [-0.25, -0.2) is 4.39 Å². The zero-order chi connectivity index (χ0) is 21.9. The van der Waals surface area contributed by atoms with Gasteiger partial charge in [0.2, 0.25) is 0 Å². The molecule has 2 N–H and O–H groups in total. The number of aliphatic hydroxyl groups is 2. The topological polar surface area (TPSA) is 40.5 Å². The van der Waals surface area contributed by atoms with Crippen LogP contribution in [0.1, 0.15) is 105 Å². The summed E-state index contributed by atoms with van der Waals surface area (Å²) in [5.74, 6) is 2.64. The Labute approximate surface area is 183 Å². The van der Waals surface area contributed by atoms with Crippen molar-refractivity contribution in [3.8, 4) is 0 Å². The number of hydrogen-bond acceptors (Lipinski definition) is 2. The van der Waals surface area contributed by atoms with Gasteiger partial charge in [-0.3, -0.25) is 0 Å². The van der Waals surface area contributed by atoms with Crippen LogP contribution >= 0.6 is 0 Å². The molecule has 0 radical (unpaired) electrons. The van der Waals surface area contributed by atoms with E-state index in [0.29, 0.717) is 36.0 Å². The van der Waals surface area contributed by atoms with E-state index in [4.69, 9.17) is 0 Å². The summed E-state index contributed by atoms with van der Waals surface area (Å²) in [6.07, 6.45) is 10.9. The summed E-state index contributed by atoms with van der Waals surface area (Å²) < 4.78 is 15.6. The first-order chi connectivity index (χ1) is 14.0. The minimum Gasteiger partial charge on any atom is -0.393 e. The Morgan fingerprint density at radius 3 is 2.43 bits per heavy atom. The van der Waals surface area contributed by atoms with Crippen molar-refractivity contribution in [3.63, 3.8) is 0 Å². The van der Waals surface area contributed by atoms with E-state index in [0.717, 1.165) is 44.9 Å². The summed E-state index contributed by atoms with van der Waals surface area (Å²) in [6, 6.07) is 0. The van der Waals surface area contributed by atoms with Crippen molar-refractivity contribution in [2.24, 2.45) is 40.4 Å². The summed E-state index contributed by atoms with van der Waals surface area (Å²) in [6.45, 7) is 11.1. The molecule has 0 spiro atoms. The molecule has 0 amide bonds. The minimum absolute atomic E-state index is 0.182. The molecule has 0 aliphatic heterocycles. The van der Waals surface area contributed by atoms with Gasteiger partial charge in [0.15, 0.2) is 0 Å². The lowest BCUT2D eigenvalue weighted by Gasteiger charge is -2.58. The van der Waals surface area contributed by atoms with Crippen molar-refractivity contribution in [2.45, 2.75) is 117 Å². The fraction of sp³-hybridized carbons (Fsp3) is 0.926. The largest absolute Gasteiger partial charge is 0.393 e. The van der Waals surface area contributed by atoms with Gasteiger partial charge in [-0.05, 0) is 111 Å². The van der Waals surface area contributed by atoms with Crippen LogP contribution in [0.2, 0.25) is 0 Å². The van der Waals surface area contributed by atoms with Crippen molar-refractivity contribution in [1.82, 2.24) is 0 Å². The summed E-state index contributed by atoms with van der Waals surface area (Å²) in [5, 5.41) is 20.3. The van der Waals surface area contributed by atoms with Gasteiger partial charge in [-0.15, -0.1) is 0 Å². The molecule has 0 aromatic heterocycles. The molecule has 172 valence electrons. The van der Waals surface area contributed by atoms with Crippen molar-refractivity contribution < 1.29 is 14.6 Å². The standard InChI is InChI=1S/C27H45FO2/c1-17(7-6-12-25(2,3)30)20-8-9-21-24-22(11-14-27(20,21)5)26(4)13-10-19(29)15-18(26)16-23(24)28/h17-22,29-30H,6-16H2,1-5H3/t17-,18?,19+,20-,21+,22+,26+,27-/m1/s1. The first kappa shape index (κ1) is 22.8. The van der Waals surface area contributed by atoms with Crippen molar-refractivity contribution in [2.75, 3.05) is 0 Å². The lowest BCUT2D eigenvalue weighted by Crippen LogP contribution is -2.50. The van der Waals surface area contributed by atoms with E-state index >= 15 is 4.39 Å². The Morgan fingerprint density at radius 1 is 1.07 bits per heavy atom. The lowest BCUT2D eigenvalue weighted by molar-refractivity contribution is -0.0497. The third-order valence-electron chi connectivity index (χ3n) is 10.3. The van der Waals surface area contributed by atoms with Gasteiger partial charge in [0, 0.05) is 6.42 Å². The van der Waals surface area contributed by atoms with Crippen LogP contribution in [0.25, 0.3) is 0 Å². The molecule has 3 saturated carbocycles. The second-order valence-corrected chi connectivity index (χ2v) is 12.7. The van der Waals surface area contributed by atoms with E-state index in [2.05, 4.69) is 20.8 Å². The van der Waals surface area contributed by atoms with Gasteiger partial charge >= 0.3 is 0 Å². The highest BCUT2D eigenvalue weighted by atomic mass is 19.1. The van der Waals surface area contributed by atoms with Crippen LogP contribution in [0, 0.1) is 40.4 Å². The third-order valence-corrected chi connectivity index (χ3v) is 10.3. The average Bonchev–Trinajstić information content (AvgIpc) is 2.99. The molecule has 0 heterocycles. The maximum Gasteiger partial charge on any atom is 0.100 e. The van der Waals surface area contributed by atoms with Crippen LogP contribution in [0.4, 0.5) is 4.39 Å². The number of hydrogen-bond donors (Lipinski definition) is 2. The van der Waals surface area contributed by atoms with Gasteiger partial charge in [-0.2, -0.15) is 0 Å². The Bertz CT molecular complexity index is 679. The minimum atomic E-state index is -0.574. The Kier molecular flexibility index (Phi) is 5.97. The molecule has 0 bridgehead atoms. The Balaban J connectivity index is 1.53. The smallest absolute Gasteiger partial charge is 0.100 e. The number of fused-ring (bicyclic) bond motifs is 5. The van der Waals surface area contributed by atoms with Gasteiger partial charge in [0.25, 0.3) is 0 Å². The maximum atomic E-state index is 15.6. The van der Waals surface area contributed by atoms with Crippen molar-refractivity contribution in [1.29, 1.82) is 0 Å². The maximum absolute atomic E-state index is 15.6. The quantitative estimate of drug-likeness (QED) is 0.513. The van der Waals surface area contributed by atoms with Gasteiger partial charge in [0.05, 0.1) is 11.7 Å². The zero-order valence-corrected chi connectivity index (χ0v) is 20.0. The molecule has 0 aromatic rings. The van der Waals surface area contributed by atoms with E-state index < -0.39 is 5.60 Å². The summed E-state index contributed by atoms with van der Waals surface area (Å²) >= 11 is 0. The molecule has 3 fully saturated rings. The van der Waals surface area contributed by atoms with Crippen LogP contribution in [-0.2, 0) is 0 Å². The van der Waals surface area contributed by atoms with Gasteiger partial charge in [0.1, 0.15) is 5.83 Å². The van der Waals surface area contributed by atoms with Crippen molar-refractivity contribution in [3.05, 3.63) is 11.4 Å². The predicted molar refractivity (Wildman–Crippen MR) is 121 cm³/mol. The molecule has 2 nitrogen and oxygen atoms in total. The fourth-order valence-corrected chi connectivity index (χ4v) is 8.55. The Hall–Kier alpha value is -0.410. The van der Waals surface area contributed by atoms with Crippen LogP contribution in [0.15, 0.2) is 11.4 Å². The fourth-order valence-electron chi connectivity index (χ4n) is 8.55. The highest BCUT2D eigenvalue weighted by Gasteiger charge is 2.59. The SMILES string of the molecule is C[C@H](CCCC(C)(C)O)[C@H]1CC[C@H]2C3=C(F)CC4C[C@@H](O)CC[C@]4(C)[C@H]3CC[C@]12C. The molecule has 4 aliphatic carbocycles.